The summed E-state index contributed by atoms with van der Waals surface area (Å²) in [5, 5.41) is 6.21. The van der Waals surface area contributed by atoms with Crippen LogP contribution in [0, 0.1) is 0 Å². The Morgan fingerprint density at radius 1 is 1.50 bits per heavy atom. The predicted octanol–water partition coefficient (Wildman–Crippen LogP) is 0.546. The second-order valence-corrected chi connectivity index (χ2v) is 4.20. The van der Waals surface area contributed by atoms with Gasteiger partial charge in [0.05, 0.1) is 11.9 Å². The first kappa shape index (κ1) is 12.7. The molecule has 0 spiro atoms. The van der Waals surface area contributed by atoms with E-state index in [1.807, 2.05) is 14.1 Å². The number of likely N-dealkylation sites (N-methyl/N-ethyl adjacent to an activating group) is 2. The highest BCUT2D eigenvalue weighted by Gasteiger charge is 2.14. The fourth-order valence-electron chi connectivity index (χ4n) is 1.90. The molecule has 1 N–H and O–H groups in total. The van der Waals surface area contributed by atoms with Crippen molar-refractivity contribution in [1.29, 1.82) is 0 Å². The highest BCUT2D eigenvalue weighted by Crippen LogP contribution is 2.13. The van der Waals surface area contributed by atoms with Crippen molar-refractivity contribution in [2.75, 3.05) is 32.1 Å². The molecule has 0 fully saturated rings. The average molecular weight is 224 g/mol. The van der Waals surface area contributed by atoms with E-state index in [0.717, 1.165) is 18.8 Å². The molecule has 0 aliphatic rings. The summed E-state index contributed by atoms with van der Waals surface area (Å²) in [5.74, 6) is 0. The third-order valence-corrected chi connectivity index (χ3v) is 2.48. The number of aromatic nitrogens is 2. The highest BCUT2D eigenvalue weighted by molar-refractivity contribution is 5.43. The summed E-state index contributed by atoms with van der Waals surface area (Å²) in [4.78, 5) is 15.5. The van der Waals surface area contributed by atoms with Gasteiger partial charge in [0.2, 0.25) is 0 Å². The minimum Gasteiger partial charge on any atom is -0.366 e. The van der Waals surface area contributed by atoms with Gasteiger partial charge in [-0.05, 0) is 27.9 Å². The van der Waals surface area contributed by atoms with Gasteiger partial charge in [-0.25, -0.2) is 5.10 Å². The summed E-state index contributed by atoms with van der Waals surface area (Å²) in [6.07, 6.45) is 1.69. The number of nitrogens with zero attached hydrogens (tertiary/aromatic N) is 3. The van der Waals surface area contributed by atoms with E-state index in [9.17, 15) is 4.79 Å². The SMILES string of the molecule is CCN(c1cn[nH]c(=O)c1)C(C)CN(C)C. The van der Waals surface area contributed by atoms with E-state index in [4.69, 9.17) is 0 Å². The fraction of sp³-hybridized carbons (Fsp3) is 0.636. The number of nitrogens with one attached hydrogen (secondary N) is 1. The Bertz CT molecular complexity index is 374. The molecule has 90 valence electrons. The van der Waals surface area contributed by atoms with E-state index < -0.39 is 0 Å². The molecule has 0 saturated carbocycles. The maximum absolute atomic E-state index is 11.2. The van der Waals surface area contributed by atoms with E-state index >= 15 is 0 Å². The Morgan fingerprint density at radius 3 is 2.69 bits per heavy atom. The van der Waals surface area contributed by atoms with Gasteiger partial charge in [-0.2, -0.15) is 5.10 Å². The third-order valence-electron chi connectivity index (χ3n) is 2.48. The van der Waals surface area contributed by atoms with Crippen LogP contribution in [-0.4, -0.2) is 48.3 Å². The molecule has 0 saturated heterocycles. The van der Waals surface area contributed by atoms with Crippen LogP contribution in [-0.2, 0) is 0 Å². The topological polar surface area (TPSA) is 52.2 Å². The van der Waals surface area contributed by atoms with Crippen LogP contribution in [0.1, 0.15) is 13.8 Å². The molecule has 0 aliphatic heterocycles. The van der Waals surface area contributed by atoms with Crippen molar-refractivity contribution in [3.63, 3.8) is 0 Å². The smallest absolute Gasteiger partial charge is 0.266 e. The number of H-pyrrole nitrogens is 1. The molecule has 1 rings (SSSR count). The molecule has 1 atom stereocenters. The largest absolute Gasteiger partial charge is 0.366 e. The van der Waals surface area contributed by atoms with Gasteiger partial charge in [0, 0.05) is 25.2 Å². The van der Waals surface area contributed by atoms with Crippen molar-refractivity contribution >= 4 is 5.69 Å². The molecule has 5 nitrogen and oxygen atoms in total. The summed E-state index contributed by atoms with van der Waals surface area (Å²) < 4.78 is 0. The molecular weight excluding hydrogens is 204 g/mol. The molecule has 0 aliphatic carbocycles. The molecule has 0 amide bonds. The average Bonchev–Trinajstić information content (AvgIpc) is 2.17. The van der Waals surface area contributed by atoms with Crippen LogP contribution in [0.3, 0.4) is 0 Å². The van der Waals surface area contributed by atoms with Crippen LogP contribution in [0.2, 0.25) is 0 Å². The summed E-state index contributed by atoms with van der Waals surface area (Å²) >= 11 is 0. The van der Waals surface area contributed by atoms with Crippen molar-refractivity contribution in [1.82, 2.24) is 15.1 Å². The van der Waals surface area contributed by atoms with Crippen LogP contribution >= 0.6 is 0 Å². The van der Waals surface area contributed by atoms with Crippen LogP contribution in [0.4, 0.5) is 5.69 Å². The number of aromatic amines is 1. The van der Waals surface area contributed by atoms with E-state index in [0.29, 0.717) is 6.04 Å². The summed E-state index contributed by atoms with van der Waals surface area (Å²) in [6.45, 7) is 6.03. The zero-order valence-electron chi connectivity index (χ0n) is 10.4. The highest BCUT2D eigenvalue weighted by atomic mass is 16.1. The minimum atomic E-state index is -0.159. The first-order chi connectivity index (χ1) is 7.54. The third kappa shape index (κ3) is 3.34. The lowest BCUT2D eigenvalue weighted by Crippen LogP contribution is -2.40. The molecule has 1 unspecified atom stereocenters. The van der Waals surface area contributed by atoms with Crippen LogP contribution in [0.5, 0.6) is 0 Å². The van der Waals surface area contributed by atoms with Crippen molar-refractivity contribution in [2.45, 2.75) is 19.9 Å². The Labute approximate surface area is 96.1 Å². The van der Waals surface area contributed by atoms with Crippen molar-refractivity contribution < 1.29 is 0 Å². The molecule has 5 heteroatoms. The van der Waals surface area contributed by atoms with Crippen molar-refractivity contribution in [3.8, 4) is 0 Å². The second kappa shape index (κ2) is 5.65. The molecular formula is C11H20N4O. The maximum atomic E-state index is 11.2. The van der Waals surface area contributed by atoms with Crippen LogP contribution in [0.25, 0.3) is 0 Å². The van der Waals surface area contributed by atoms with Gasteiger partial charge in [0.15, 0.2) is 0 Å². The molecule has 1 heterocycles. The summed E-state index contributed by atoms with van der Waals surface area (Å²) in [6, 6.07) is 1.94. The minimum absolute atomic E-state index is 0.159. The lowest BCUT2D eigenvalue weighted by molar-refractivity contribution is 0.373. The first-order valence-electron chi connectivity index (χ1n) is 5.50. The standard InChI is InChI=1S/C11H20N4O/c1-5-15(9(2)8-14(3)4)10-6-11(16)13-12-7-10/h6-7,9H,5,8H2,1-4H3,(H,13,16). The van der Waals surface area contributed by atoms with Crippen LogP contribution in [0.15, 0.2) is 17.1 Å². The Kier molecular flexibility index (Phi) is 4.49. The zero-order chi connectivity index (χ0) is 12.1. The first-order valence-corrected chi connectivity index (χ1v) is 5.50. The number of anilines is 1. The molecule has 1 aromatic rings. The van der Waals surface area contributed by atoms with E-state index in [1.165, 1.54) is 0 Å². The normalized spacial score (nSPS) is 12.8. The van der Waals surface area contributed by atoms with Gasteiger partial charge in [0.25, 0.3) is 5.56 Å². The monoisotopic (exact) mass is 224 g/mol. The van der Waals surface area contributed by atoms with E-state index in [2.05, 4.69) is 33.8 Å². The van der Waals surface area contributed by atoms with E-state index in [1.54, 1.807) is 12.3 Å². The Hall–Kier alpha value is -1.36. The van der Waals surface area contributed by atoms with Gasteiger partial charge in [-0.3, -0.25) is 4.79 Å². The van der Waals surface area contributed by atoms with Gasteiger partial charge in [0.1, 0.15) is 0 Å². The van der Waals surface area contributed by atoms with Gasteiger partial charge >= 0.3 is 0 Å². The number of rotatable bonds is 5. The van der Waals surface area contributed by atoms with Crippen molar-refractivity contribution in [2.24, 2.45) is 0 Å². The summed E-state index contributed by atoms with van der Waals surface area (Å²) in [5.41, 5.74) is 0.716. The van der Waals surface area contributed by atoms with Gasteiger partial charge < -0.3 is 9.80 Å². The van der Waals surface area contributed by atoms with E-state index in [-0.39, 0.29) is 5.56 Å². The lowest BCUT2D eigenvalue weighted by Gasteiger charge is -2.31. The van der Waals surface area contributed by atoms with Crippen molar-refractivity contribution in [3.05, 3.63) is 22.6 Å². The molecule has 16 heavy (non-hydrogen) atoms. The Morgan fingerprint density at radius 2 is 2.19 bits per heavy atom. The number of hydrogen-bond donors (Lipinski definition) is 1. The summed E-state index contributed by atoms with van der Waals surface area (Å²) in [7, 11) is 4.08. The molecule has 1 aromatic heterocycles. The van der Waals surface area contributed by atoms with Gasteiger partial charge in [-0.15, -0.1) is 0 Å². The second-order valence-electron chi connectivity index (χ2n) is 4.20. The zero-order valence-corrected chi connectivity index (χ0v) is 10.4. The fourth-order valence-corrected chi connectivity index (χ4v) is 1.90. The van der Waals surface area contributed by atoms with Gasteiger partial charge in [-0.1, -0.05) is 0 Å². The molecule has 0 bridgehead atoms. The predicted molar refractivity (Wildman–Crippen MR) is 65.9 cm³/mol. The Balaban J connectivity index is 2.85. The maximum Gasteiger partial charge on any atom is 0.266 e. The molecule has 0 aromatic carbocycles. The molecule has 0 radical (unpaired) electrons. The number of hydrogen-bond acceptors (Lipinski definition) is 4. The van der Waals surface area contributed by atoms with Crippen LogP contribution < -0.4 is 10.5 Å². The lowest BCUT2D eigenvalue weighted by atomic mass is 10.2. The quantitative estimate of drug-likeness (QED) is 0.793.